The Hall–Kier alpha value is -2.82. The highest BCUT2D eigenvalue weighted by molar-refractivity contribution is 5.94. The molecule has 5 heteroatoms. The number of benzene rings is 1. The number of carbonyl (C=O) groups is 1. The van der Waals surface area contributed by atoms with Gasteiger partial charge in [0.2, 0.25) is 0 Å². The van der Waals surface area contributed by atoms with Crippen LogP contribution in [0.4, 0.5) is 17.2 Å². The maximum atomic E-state index is 11.9. The fourth-order valence-electron chi connectivity index (χ4n) is 2.58. The molecule has 1 aromatic heterocycles. The minimum absolute atomic E-state index is 0.154. The van der Waals surface area contributed by atoms with Gasteiger partial charge in [0.05, 0.1) is 5.56 Å². The van der Waals surface area contributed by atoms with Crippen molar-refractivity contribution in [3.8, 4) is 0 Å². The number of carbonyl (C=O) groups excluding carboxylic acids is 1. The molecule has 0 bridgehead atoms. The second-order valence-corrected chi connectivity index (χ2v) is 5.73. The molecular formula is C20H26N4O. The summed E-state index contributed by atoms with van der Waals surface area (Å²) in [6.45, 7) is 12.4. The van der Waals surface area contributed by atoms with Crippen LogP contribution in [-0.2, 0) is 0 Å². The van der Waals surface area contributed by atoms with Crippen molar-refractivity contribution in [2.45, 2.75) is 20.8 Å². The number of aryl methyl sites for hydroxylation is 1. The van der Waals surface area contributed by atoms with Crippen LogP contribution in [0.2, 0.25) is 0 Å². The van der Waals surface area contributed by atoms with Gasteiger partial charge in [-0.3, -0.25) is 4.79 Å². The van der Waals surface area contributed by atoms with E-state index in [-0.39, 0.29) is 5.91 Å². The lowest BCUT2D eigenvalue weighted by Gasteiger charge is -2.22. The number of anilines is 3. The van der Waals surface area contributed by atoms with Gasteiger partial charge in [-0.15, -0.1) is 6.58 Å². The predicted octanol–water partition coefficient (Wildman–Crippen LogP) is 3.90. The van der Waals surface area contributed by atoms with Crippen molar-refractivity contribution in [1.29, 1.82) is 0 Å². The number of nitrogens with zero attached hydrogens (tertiary/aromatic N) is 2. The Kier molecular flexibility index (Phi) is 6.57. The first kappa shape index (κ1) is 18.5. The normalized spacial score (nSPS) is 10.2. The van der Waals surface area contributed by atoms with E-state index >= 15 is 0 Å². The zero-order chi connectivity index (χ0) is 18.2. The zero-order valence-corrected chi connectivity index (χ0v) is 15.2. The van der Waals surface area contributed by atoms with Crippen molar-refractivity contribution < 1.29 is 4.79 Å². The van der Waals surface area contributed by atoms with Gasteiger partial charge in [-0.1, -0.05) is 6.08 Å². The van der Waals surface area contributed by atoms with Gasteiger partial charge in [0.1, 0.15) is 5.82 Å². The van der Waals surface area contributed by atoms with Crippen molar-refractivity contribution in [3.05, 3.63) is 60.3 Å². The van der Waals surface area contributed by atoms with Crippen LogP contribution in [0.15, 0.2) is 49.2 Å². The van der Waals surface area contributed by atoms with Crippen LogP contribution in [0, 0.1) is 6.92 Å². The lowest BCUT2D eigenvalue weighted by atomic mass is 10.1. The average Bonchev–Trinajstić information content (AvgIpc) is 2.63. The van der Waals surface area contributed by atoms with E-state index in [2.05, 4.69) is 66.1 Å². The van der Waals surface area contributed by atoms with Gasteiger partial charge in [0.25, 0.3) is 5.91 Å². The molecule has 0 radical (unpaired) electrons. The van der Waals surface area contributed by atoms with Gasteiger partial charge in [0.15, 0.2) is 0 Å². The lowest BCUT2D eigenvalue weighted by Crippen LogP contribution is -2.23. The first-order chi connectivity index (χ1) is 12.1. The number of pyridine rings is 1. The van der Waals surface area contributed by atoms with Crippen LogP contribution < -0.4 is 15.5 Å². The number of amides is 1. The summed E-state index contributed by atoms with van der Waals surface area (Å²) in [6.07, 6.45) is 3.21. The predicted molar refractivity (Wildman–Crippen MR) is 105 cm³/mol. The number of hydrogen-bond acceptors (Lipinski definition) is 4. The molecule has 1 amide bonds. The molecule has 2 aromatic rings. The molecule has 0 unspecified atom stereocenters. The van der Waals surface area contributed by atoms with Gasteiger partial charge >= 0.3 is 0 Å². The van der Waals surface area contributed by atoms with Gasteiger partial charge in [-0.05, 0) is 56.7 Å². The first-order valence-electron chi connectivity index (χ1n) is 8.56. The third-order valence-electron chi connectivity index (χ3n) is 4.03. The van der Waals surface area contributed by atoms with E-state index in [9.17, 15) is 4.79 Å². The molecule has 0 spiro atoms. The van der Waals surface area contributed by atoms with Crippen LogP contribution >= 0.6 is 0 Å². The van der Waals surface area contributed by atoms with Crippen LogP contribution in [0.1, 0.15) is 29.8 Å². The summed E-state index contributed by atoms with van der Waals surface area (Å²) in [5, 5.41) is 6.04. The van der Waals surface area contributed by atoms with E-state index in [0.29, 0.717) is 17.9 Å². The molecule has 1 aromatic carbocycles. The zero-order valence-electron chi connectivity index (χ0n) is 15.2. The molecule has 2 N–H and O–H groups in total. The lowest BCUT2D eigenvalue weighted by molar-refractivity contribution is 0.0957. The topological polar surface area (TPSA) is 57.3 Å². The second kappa shape index (κ2) is 8.87. The third-order valence-corrected chi connectivity index (χ3v) is 4.03. The van der Waals surface area contributed by atoms with Crippen LogP contribution in [-0.4, -0.2) is 30.5 Å². The molecule has 5 nitrogen and oxygen atoms in total. The van der Waals surface area contributed by atoms with Gasteiger partial charge in [-0.2, -0.15) is 0 Å². The molecule has 0 aliphatic rings. The highest BCUT2D eigenvalue weighted by Crippen LogP contribution is 2.25. The Bertz CT molecular complexity index is 721. The molecule has 0 fully saturated rings. The molecular weight excluding hydrogens is 312 g/mol. The van der Waals surface area contributed by atoms with E-state index in [1.807, 2.05) is 0 Å². The van der Waals surface area contributed by atoms with Crippen molar-refractivity contribution in [2.24, 2.45) is 0 Å². The fourth-order valence-corrected chi connectivity index (χ4v) is 2.58. The molecule has 0 aliphatic carbocycles. The minimum atomic E-state index is -0.154. The Morgan fingerprint density at radius 1 is 1.24 bits per heavy atom. The van der Waals surface area contributed by atoms with Crippen LogP contribution in [0.25, 0.3) is 0 Å². The number of rotatable bonds is 8. The first-order valence-corrected chi connectivity index (χ1v) is 8.56. The number of nitrogens with one attached hydrogen (secondary N) is 2. The Morgan fingerprint density at radius 3 is 2.56 bits per heavy atom. The third kappa shape index (κ3) is 4.83. The smallest absolute Gasteiger partial charge is 0.253 e. The summed E-state index contributed by atoms with van der Waals surface area (Å²) in [6, 6.07) is 9.91. The van der Waals surface area contributed by atoms with Crippen molar-refractivity contribution in [3.63, 3.8) is 0 Å². The standard InChI is InChI=1S/C20H26N4O/c1-5-12-21-20(25)16-8-11-19(22-14-16)23-18-10-9-17(13-15(18)4)24(6-2)7-3/h5,8-11,13-14H,1,6-7,12H2,2-4H3,(H,21,25)(H,22,23). The summed E-state index contributed by atoms with van der Waals surface area (Å²) in [4.78, 5) is 18.5. The molecule has 2 rings (SSSR count). The molecule has 0 saturated carbocycles. The van der Waals surface area contributed by atoms with Crippen molar-refractivity contribution in [2.75, 3.05) is 29.9 Å². The van der Waals surface area contributed by atoms with Gasteiger partial charge < -0.3 is 15.5 Å². The van der Waals surface area contributed by atoms with E-state index in [0.717, 1.165) is 24.3 Å². The highest BCUT2D eigenvalue weighted by Gasteiger charge is 2.07. The Morgan fingerprint density at radius 2 is 2.00 bits per heavy atom. The maximum Gasteiger partial charge on any atom is 0.253 e. The van der Waals surface area contributed by atoms with Gasteiger partial charge in [0, 0.05) is 37.2 Å². The molecule has 1 heterocycles. The van der Waals surface area contributed by atoms with Crippen LogP contribution in [0.3, 0.4) is 0 Å². The van der Waals surface area contributed by atoms with E-state index in [4.69, 9.17) is 0 Å². The summed E-state index contributed by atoms with van der Waals surface area (Å²) >= 11 is 0. The highest BCUT2D eigenvalue weighted by atomic mass is 16.1. The SMILES string of the molecule is C=CCNC(=O)c1ccc(Nc2ccc(N(CC)CC)cc2C)nc1. The summed E-state index contributed by atoms with van der Waals surface area (Å²) in [5.41, 5.74) is 3.91. The van der Waals surface area contributed by atoms with Gasteiger partial charge in [-0.25, -0.2) is 4.98 Å². The summed E-state index contributed by atoms with van der Waals surface area (Å²) in [7, 11) is 0. The van der Waals surface area contributed by atoms with E-state index in [1.54, 1.807) is 24.4 Å². The Labute approximate surface area is 149 Å². The van der Waals surface area contributed by atoms with E-state index in [1.165, 1.54) is 5.69 Å². The largest absolute Gasteiger partial charge is 0.372 e. The maximum absolute atomic E-state index is 11.9. The minimum Gasteiger partial charge on any atom is -0.372 e. The molecule has 0 saturated heterocycles. The second-order valence-electron chi connectivity index (χ2n) is 5.73. The molecule has 0 aliphatic heterocycles. The number of aromatic nitrogens is 1. The Balaban J connectivity index is 2.09. The quantitative estimate of drug-likeness (QED) is 0.717. The number of hydrogen-bond donors (Lipinski definition) is 2. The van der Waals surface area contributed by atoms with E-state index < -0.39 is 0 Å². The van der Waals surface area contributed by atoms with Crippen LogP contribution in [0.5, 0.6) is 0 Å². The average molecular weight is 338 g/mol. The monoisotopic (exact) mass is 338 g/mol. The summed E-state index contributed by atoms with van der Waals surface area (Å²) in [5.74, 6) is 0.553. The van der Waals surface area contributed by atoms with Crippen molar-refractivity contribution in [1.82, 2.24) is 10.3 Å². The molecule has 25 heavy (non-hydrogen) atoms. The molecule has 0 atom stereocenters. The molecule has 132 valence electrons. The van der Waals surface area contributed by atoms with Crippen molar-refractivity contribution >= 4 is 23.1 Å². The fraction of sp³-hybridized carbons (Fsp3) is 0.300. The summed E-state index contributed by atoms with van der Waals surface area (Å²) < 4.78 is 0.